The summed E-state index contributed by atoms with van der Waals surface area (Å²) in [6.45, 7) is 5.51. The van der Waals surface area contributed by atoms with Crippen LogP contribution in [0.15, 0.2) is 59.8 Å². The third-order valence-corrected chi connectivity index (χ3v) is 9.12. The molecule has 3 aromatic rings. The van der Waals surface area contributed by atoms with E-state index < -0.39 is 28.3 Å². The molecule has 0 bridgehead atoms. The molecule has 2 fully saturated rings. The fourth-order valence-corrected chi connectivity index (χ4v) is 6.80. The number of aryl methyl sites for hydroxylation is 1. The minimum atomic E-state index is -3.96. The van der Waals surface area contributed by atoms with Crippen LogP contribution in [0.5, 0.6) is 0 Å². The summed E-state index contributed by atoms with van der Waals surface area (Å²) in [7, 11) is -2.13. The quantitative estimate of drug-likeness (QED) is 0.328. The number of aliphatic hydroxyl groups is 1. The minimum Gasteiger partial charge on any atom is -0.465 e. The number of amides is 1. The molecule has 0 radical (unpaired) electrons. The minimum absolute atomic E-state index is 0.00874. The molecular formula is C29H40N4O7S. The molecule has 2 aliphatic rings. The zero-order valence-electron chi connectivity index (χ0n) is 23.7. The second-order valence-corrected chi connectivity index (χ2v) is 12.9. The molecule has 1 aromatic heterocycles. The highest BCUT2D eigenvalue weighted by molar-refractivity contribution is 7.89. The van der Waals surface area contributed by atoms with Gasteiger partial charge in [-0.15, -0.1) is 0 Å². The first-order valence-electron chi connectivity index (χ1n) is 13.9. The van der Waals surface area contributed by atoms with E-state index >= 15 is 0 Å². The van der Waals surface area contributed by atoms with E-state index in [-0.39, 0.29) is 36.6 Å². The van der Waals surface area contributed by atoms with Crippen molar-refractivity contribution in [2.24, 2.45) is 18.9 Å². The molecule has 3 heterocycles. The molecule has 224 valence electrons. The van der Waals surface area contributed by atoms with Gasteiger partial charge in [-0.1, -0.05) is 44.2 Å². The van der Waals surface area contributed by atoms with E-state index in [4.69, 9.17) is 9.47 Å². The Hall–Kier alpha value is -3.03. The molecule has 12 heteroatoms. The maximum Gasteiger partial charge on any atom is 0.404 e. The van der Waals surface area contributed by atoms with Crippen molar-refractivity contribution in [1.29, 1.82) is 0 Å². The lowest BCUT2D eigenvalue weighted by Crippen LogP contribution is -2.50. The molecule has 0 aliphatic carbocycles. The first-order chi connectivity index (χ1) is 19.5. The summed E-state index contributed by atoms with van der Waals surface area (Å²) in [5.74, 6) is 0.723. The highest BCUT2D eigenvalue weighted by atomic mass is 32.2. The van der Waals surface area contributed by atoms with Crippen molar-refractivity contribution in [3.63, 3.8) is 0 Å². The Labute approximate surface area is 241 Å². The molecule has 2 saturated heterocycles. The van der Waals surface area contributed by atoms with Crippen LogP contribution in [0.2, 0.25) is 0 Å². The predicted molar refractivity (Wildman–Crippen MR) is 154 cm³/mol. The lowest BCUT2D eigenvalue weighted by molar-refractivity contribution is -0.0904. The molecule has 1 amide bonds. The number of nitrogens with one attached hydrogen (secondary N) is 1. The summed E-state index contributed by atoms with van der Waals surface area (Å²) in [5, 5.41) is 22.5. The van der Waals surface area contributed by atoms with E-state index in [0.717, 1.165) is 30.2 Å². The van der Waals surface area contributed by atoms with Gasteiger partial charge in [0, 0.05) is 26.1 Å². The highest BCUT2D eigenvalue weighted by Crippen LogP contribution is 2.30. The molecule has 5 rings (SSSR count). The number of carboxylic acid groups (broad SMARTS) is 1. The SMILES string of the molecule is C1CC2CCOC2O1.CC(C)CN(C[C@@H](O)[C@H](Cc1ccccc1)NC(=O)O)S(=O)(=O)c1ccc2c(c1)ncn2C. The maximum atomic E-state index is 13.5. The number of aromatic nitrogens is 2. The second-order valence-electron chi connectivity index (χ2n) is 11.0. The van der Waals surface area contributed by atoms with Crippen LogP contribution in [0.1, 0.15) is 32.3 Å². The molecule has 11 nitrogen and oxygen atoms in total. The van der Waals surface area contributed by atoms with Crippen LogP contribution in [0.3, 0.4) is 0 Å². The molecule has 0 spiro atoms. The Balaban J connectivity index is 0.000000409. The Morgan fingerprint density at radius 3 is 2.41 bits per heavy atom. The average molecular weight is 589 g/mol. The predicted octanol–water partition coefficient (Wildman–Crippen LogP) is 3.23. The Morgan fingerprint density at radius 2 is 1.80 bits per heavy atom. The van der Waals surface area contributed by atoms with Crippen LogP contribution in [-0.4, -0.2) is 83.3 Å². The smallest absolute Gasteiger partial charge is 0.404 e. The number of rotatable bonds is 10. The fraction of sp³-hybridized carbons (Fsp3) is 0.517. The normalized spacial score (nSPS) is 20.0. The summed E-state index contributed by atoms with van der Waals surface area (Å²) in [6.07, 6.45) is 1.90. The van der Waals surface area contributed by atoms with Gasteiger partial charge in [-0.25, -0.2) is 18.2 Å². The van der Waals surface area contributed by atoms with Crippen molar-refractivity contribution < 1.29 is 32.9 Å². The van der Waals surface area contributed by atoms with Crippen molar-refractivity contribution in [2.75, 3.05) is 26.3 Å². The summed E-state index contributed by atoms with van der Waals surface area (Å²) in [5.41, 5.74) is 2.19. The topological polar surface area (TPSA) is 143 Å². The van der Waals surface area contributed by atoms with Crippen molar-refractivity contribution in [3.8, 4) is 0 Å². The monoisotopic (exact) mass is 588 g/mol. The molecule has 2 aliphatic heterocycles. The number of aliphatic hydroxyl groups excluding tert-OH is 1. The van der Waals surface area contributed by atoms with Gasteiger partial charge in [0.1, 0.15) is 0 Å². The standard InChI is InChI=1S/C23H30N4O5S.C6H10O2/c1-16(2)13-27(33(31,32)18-9-10-21-19(12-18)24-15-26(21)3)14-22(28)20(25-23(29)30)11-17-7-5-4-6-8-17;1-3-7-6-5(1)2-4-8-6/h4-10,12,15-16,20,22,25,28H,11,13-14H2,1-3H3,(H,29,30);5-6H,1-4H2/t20-,22+;/m0./s1. The first kappa shape index (κ1) is 30.9. The number of imidazole rings is 1. The van der Waals surface area contributed by atoms with Gasteiger partial charge < -0.3 is 29.6 Å². The highest BCUT2D eigenvalue weighted by Gasteiger charge is 2.33. The lowest BCUT2D eigenvalue weighted by Gasteiger charge is -2.30. The van der Waals surface area contributed by atoms with Crippen molar-refractivity contribution in [2.45, 2.75) is 56.4 Å². The Bertz CT molecular complexity index is 1380. The Morgan fingerprint density at radius 1 is 1.12 bits per heavy atom. The van der Waals surface area contributed by atoms with Crippen molar-refractivity contribution in [3.05, 3.63) is 60.4 Å². The third kappa shape index (κ3) is 8.04. The largest absolute Gasteiger partial charge is 0.465 e. The van der Waals surface area contributed by atoms with E-state index in [1.54, 1.807) is 17.0 Å². The van der Waals surface area contributed by atoms with Crippen LogP contribution in [0.4, 0.5) is 4.79 Å². The number of carbonyl (C=O) groups is 1. The van der Waals surface area contributed by atoms with Gasteiger partial charge in [0.05, 0.1) is 47.6 Å². The van der Waals surface area contributed by atoms with E-state index in [2.05, 4.69) is 10.3 Å². The van der Waals surface area contributed by atoms with Gasteiger partial charge in [0.2, 0.25) is 10.0 Å². The number of hydrogen-bond acceptors (Lipinski definition) is 7. The molecule has 3 N–H and O–H groups in total. The van der Waals surface area contributed by atoms with E-state index in [1.807, 2.05) is 51.2 Å². The Kier molecular flexibility index (Phi) is 10.4. The van der Waals surface area contributed by atoms with Gasteiger partial charge in [-0.05, 0) is 48.9 Å². The van der Waals surface area contributed by atoms with Crippen LogP contribution in [0.25, 0.3) is 11.0 Å². The molecule has 2 aromatic carbocycles. The lowest BCUT2D eigenvalue weighted by atomic mass is 10.0. The van der Waals surface area contributed by atoms with E-state index in [0.29, 0.717) is 5.52 Å². The number of fused-ring (bicyclic) bond motifs is 2. The van der Waals surface area contributed by atoms with Gasteiger partial charge >= 0.3 is 6.09 Å². The number of sulfonamides is 1. The van der Waals surface area contributed by atoms with E-state index in [1.165, 1.54) is 29.3 Å². The summed E-state index contributed by atoms with van der Waals surface area (Å²) >= 11 is 0. The van der Waals surface area contributed by atoms with Gasteiger partial charge in [-0.2, -0.15) is 4.31 Å². The fourth-order valence-electron chi connectivity index (χ4n) is 5.16. The average Bonchev–Trinajstić information content (AvgIpc) is 3.65. The molecule has 0 unspecified atom stereocenters. The number of benzene rings is 2. The number of ether oxygens (including phenoxy) is 2. The van der Waals surface area contributed by atoms with Gasteiger partial charge in [0.15, 0.2) is 6.29 Å². The third-order valence-electron chi connectivity index (χ3n) is 7.29. The molecule has 2 atom stereocenters. The second kappa shape index (κ2) is 13.8. The van der Waals surface area contributed by atoms with Crippen molar-refractivity contribution in [1.82, 2.24) is 19.2 Å². The van der Waals surface area contributed by atoms with Crippen LogP contribution < -0.4 is 5.32 Å². The van der Waals surface area contributed by atoms with Crippen molar-refractivity contribution >= 4 is 27.1 Å². The van der Waals surface area contributed by atoms with Gasteiger partial charge in [0.25, 0.3) is 0 Å². The van der Waals surface area contributed by atoms with Crippen LogP contribution in [0, 0.1) is 11.8 Å². The zero-order valence-corrected chi connectivity index (χ0v) is 24.5. The first-order valence-corrected chi connectivity index (χ1v) is 15.3. The molecule has 41 heavy (non-hydrogen) atoms. The zero-order chi connectivity index (χ0) is 29.6. The molecule has 0 saturated carbocycles. The summed E-state index contributed by atoms with van der Waals surface area (Å²) < 4.78 is 40.5. The summed E-state index contributed by atoms with van der Waals surface area (Å²) in [4.78, 5) is 15.7. The number of hydrogen-bond donors (Lipinski definition) is 3. The molecular weight excluding hydrogens is 548 g/mol. The summed E-state index contributed by atoms with van der Waals surface area (Å²) in [6, 6.07) is 13.0. The van der Waals surface area contributed by atoms with Crippen LogP contribution in [-0.2, 0) is 33.0 Å². The number of nitrogens with zero attached hydrogens (tertiary/aromatic N) is 3. The van der Waals surface area contributed by atoms with Crippen LogP contribution >= 0.6 is 0 Å². The van der Waals surface area contributed by atoms with Gasteiger partial charge in [-0.3, -0.25) is 0 Å². The maximum absolute atomic E-state index is 13.5. The van der Waals surface area contributed by atoms with E-state index in [9.17, 15) is 23.4 Å².